The molecule has 0 spiro atoms. The molecule has 0 amide bonds. The van der Waals surface area contributed by atoms with Gasteiger partial charge in [-0.15, -0.1) is 0 Å². The molecule has 0 bridgehead atoms. The monoisotopic (exact) mass is 446 g/mol. The smallest absolute Gasteiger partial charge is 0.258 e. The van der Waals surface area contributed by atoms with E-state index in [1.54, 1.807) is 0 Å². The summed E-state index contributed by atoms with van der Waals surface area (Å²) in [4.78, 5) is 6.94. The third-order valence-corrected chi connectivity index (χ3v) is 6.36. The Morgan fingerprint density at radius 1 is 1.03 bits per heavy atom. The van der Waals surface area contributed by atoms with Crippen molar-refractivity contribution in [1.82, 2.24) is 20.4 Å². The van der Waals surface area contributed by atoms with Crippen molar-refractivity contribution in [2.75, 3.05) is 6.54 Å². The lowest BCUT2D eigenvalue weighted by Crippen LogP contribution is -2.46. The Kier molecular flexibility index (Phi) is 6.70. The van der Waals surface area contributed by atoms with Crippen LogP contribution in [0.4, 0.5) is 0 Å². The summed E-state index contributed by atoms with van der Waals surface area (Å²) in [5, 5.41) is 8.56. The summed E-state index contributed by atoms with van der Waals surface area (Å²) in [5.41, 5.74) is 6.61. The highest BCUT2D eigenvalue weighted by Gasteiger charge is 2.33. The van der Waals surface area contributed by atoms with E-state index in [-0.39, 0.29) is 6.04 Å². The van der Waals surface area contributed by atoms with Crippen LogP contribution in [0.3, 0.4) is 0 Å². The molecule has 166 valence electrons. The molecule has 2 aromatic carbocycles. The SMILES string of the molecule is CCCCN1C(=S)NC(c2ccc(CC)cc2)C(c2nc(-c3ccc(C)cc3)no2)=C1C. The molecular weight excluding hydrogens is 416 g/mol. The van der Waals surface area contributed by atoms with Crippen LogP contribution in [-0.4, -0.2) is 26.7 Å². The number of aryl methyl sites for hydroxylation is 2. The Morgan fingerprint density at radius 2 is 1.75 bits per heavy atom. The maximum atomic E-state index is 5.81. The third-order valence-electron chi connectivity index (χ3n) is 6.02. The molecule has 0 radical (unpaired) electrons. The van der Waals surface area contributed by atoms with Crippen LogP contribution >= 0.6 is 12.2 Å². The minimum absolute atomic E-state index is 0.141. The average molecular weight is 447 g/mol. The van der Waals surface area contributed by atoms with Gasteiger partial charge in [-0.05, 0) is 50.0 Å². The molecule has 0 aliphatic carbocycles. The maximum absolute atomic E-state index is 5.81. The highest BCUT2D eigenvalue weighted by molar-refractivity contribution is 7.80. The lowest BCUT2D eigenvalue weighted by molar-refractivity contribution is 0.395. The molecule has 3 aromatic rings. The van der Waals surface area contributed by atoms with Crippen LogP contribution in [0, 0.1) is 6.92 Å². The van der Waals surface area contributed by atoms with Gasteiger partial charge in [-0.1, -0.05) is 79.5 Å². The molecule has 1 aliphatic rings. The van der Waals surface area contributed by atoms with Crippen LogP contribution in [0.1, 0.15) is 62.2 Å². The van der Waals surface area contributed by atoms with E-state index in [2.05, 4.69) is 79.5 Å². The van der Waals surface area contributed by atoms with E-state index in [4.69, 9.17) is 21.7 Å². The number of allylic oxidation sites excluding steroid dienone is 1. The minimum Gasteiger partial charge on any atom is -0.351 e. The van der Waals surface area contributed by atoms with Gasteiger partial charge in [-0.3, -0.25) is 0 Å². The summed E-state index contributed by atoms with van der Waals surface area (Å²) >= 11 is 5.75. The highest BCUT2D eigenvalue weighted by Crippen LogP contribution is 2.37. The van der Waals surface area contributed by atoms with E-state index >= 15 is 0 Å². The third kappa shape index (κ3) is 4.46. The molecule has 1 unspecified atom stereocenters. The Labute approximate surface area is 195 Å². The highest BCUT2D eigenvalue weighted by atomic mass is 32.1. The summed E-state index contributed by atoms with van der Waals surface area (Å²) < 4.78 is 5.81. The number of hydrogen-bond acceptors (Lipinski definition) is 4. The van der Waals surface area contributed by atoms with E-state index in [0.29, 0.717) is 11.7 Å². The number of nitrogens with zero attached hydrogens (tertiary/aromatic N) is 3. The zero-order valence-corrected chi connectivity index (χ0v) is 20.0. The van der Waals surface area contributed by atoms with Crippen molar-refractivity contribution in [1.29, 1.82) is 0 Å². The Balaban J connectivity index is 1.77. The van der Waals surface area contributed by atoms with Gasteiger partial charge < -0.3 is 14.7 Å². The molecule has 1 aromatic heterocycles. The van der Waals surface area contributed by atoms with Gasteiger partial charge in [0.25, 0.3) is 5.89 Å². The summed E-state index contributed by atoms with van der Waals surface area (Å²) in [6.45, 7) is 9.37. The molecule has 1 N–H and O–H groups in total. The number of hydrogen-bond donors (Lipinski definition) is 1. The van der Waals surface area contributed by atoms with E-state index in [1.165, 1.54) is 11.1 Å². The van der Waals surface area contributed by atoms with Crippen molar-refractivity contribution in [3.05, 3.63) is 76.8 Å². The number of aromatic nitrogens is 2. The van der Waals surface area contributed by atoms with Gasteiger partial charge in [0, 0.05) is 17.8 Å². The van der Waals surface area contributed by atoms with Crippen molar-refractivity contribution < 1.29 is 4.52 Å². The molecular formula is C26H30N4OS. The first-order valence-corrected chi connectivity index (χ1v) is 11.7. The molecule has 1 atom stereocenters. The standard InChI is InChI=1S/C26H30N4OS/c1-5-7-16-30-18(4)22(23(27-26(30)32)20-14-10-19(6-2)11-15-20)25-28-24(29-31-25)21-12-8-17(3)9-13-21/h8-15,23H,5-7,16H2,1-4H3,(H,27,32). The first-order chi connectivity index (χ1) is 15.5. The summed E-state index contributed by atoms with van der Waals surface area (Å²) in [7, 11) is 0. The van der Waals surface area contributed by atoms with Crippen LogP contribution in [0.2, 0.25) is 0 Å². The molecule has 1 aliphatic heterocycles. The van der Waals surface area contributed by atoms with Gasteiger partial charge in [0.2, 0.25) is 5.82 Å². The zero-order valence-electron chi connectivity index (χ0n) is 19.2. The van der Waals surface area contributed by atoms with E-state index < -0.39 is 0 Å². The first kappa shape index (κ1) is 22.2. The van der Waals surface area contributed by atoms with Gasteiger partial charge in [-0.2, -0.15) is 4.98 Å². The second-order valence-corrected chi connectivity index (χ2v) is 8.66. The van der Waals surface area contributed by atoms with Crippen LogP contribution in [-0.2, 0) is 6.42 Å². The molecule has 6 heteroatoms. The van der Waals surface area contributed by atoms with Crippen molar-refractivity contribution in [2.45, 2.75) is 53.0 Å². The van der Waals surface area contributed by atoms with Crippen molar-refractivity contribution >= 4 is 22.9 Å². The first-order valence-electron chi connectivity index (χ1n) is 11.3. The summed E-state index contributed by atoms with van der Waals surface area (Å²) in [6, 6.07) is 16.7. The van der Waals surface area contributed by atoms with E-state index in [0.717, 1.165) is 53.3 Å². The van der Waals surface area contributed by atoms with Crippen LogP contribution in [0.15, 0.2) is 58.8 Å². The van der Waals surface area contributed by atoms with E-state index in [9.17, 15) is 0 Å². The Hall–Kier alpha value is -2.99. The van der Waals surface area contributed by atoms with Gasteiger partial charge in [0.05, 0.1) is 11.6 Å². The molecule has 0 fully saturated rings. The number of nitrogens with one attached hydrogen (secondary N) is 1. The van der Waals surface area contributed by atoms with Gasteiger partial charge in [0.1, 0.15) is 0 Å². The van der Waals surface area contributed by atoms with Gasteiger partial charge in [0.15, 0.2) is 5.11 Å². The van der Waals surface area contributed by atoms with Gasteiger partial charge in [-0.25, -0.2) is 0 Å². The van der Waals surface area contributed by atoms with E-state index in [1.807, 2.05) is 12.1 Å². The van der Waals surface area contributed by atoms with Crippen molar-refractivity contribution in [2.24, 2.45) is 0 Å². The minimum atomic E-state index is -0.141. The molecule has 0 saturated heterocycles. The molecule has 4 rings (SSSR count). The van der Waals surface area contributed by atoms with Crippen molar-refractivity contribution in [3.63, 3.8) is 0 Å². The normalized spacial score (nSPS) is 16.4. The second-order valence-electron chi connectivity index (χ2n) is 8.27. The largest absolute Gasteiger partial charge is 0.351 e. The average Bonchev–Trinajstić information content (AvgIpc) is 3.29. The topological polar surface area (TPSA) is 54.2 Å². The lowest BCUT2D eigenvalue weighted by Gasteiger charge is -2.37. The predicted octanol–water partition coefficient (Wildman–Crippen LogP) is 6.07. The Bertz CT molecular complexity index is 1120. The van der Waals surface area contributed by atoms with Crippen LogP contribution in [0.5, 0.6) is 0 Å². The summed E-state index contributed by atoms with van der Waals surface area (Å²) in [6.07, 6.45) is 3.16. The number of benzene rings is 2. The fourth-order valence-corrected chi connectivity index (χ4v) is 4.34. The summed E-state index contributed by atoms with van der Waals surface area (Å²) in [5.74, 6) is 1.12. The quantitative estimate of drug-likeness (QED) is 0.445. The fraction of sp³-hybridized carbons (Fsp3) is 0.346. The zero-order chi connectivity index (χ0) is 22.7. The lowest BCUT2D eigenvalue weighted by atomic mass is 9.93. The maximum Gasteiger partial charge on any atom is 0.258 e. The number of thiocarbonyl (C=S) groups is 1. The molecule has 2 heterocycles. The molecule has 5 nitrogen and oxygen atoms in total. The van der Waals surface area contributed by atoms with Crippen molar-refractivity contribution in [3.8, 4) is 11.4 Å². The molecule has 0 saturated carbocycles. The molecule has 32 heavy (non-hydrogen) atoms. The predicted molar refractivity (Wildman–Crippen MR) is 133 cm³/mol. The fourth-order valence-electron chi connectivity index (χ4n) is 3.99. The van der Waals surface area contributed by atoms with Gasteiger partial charge >= 0.3 is 0 Å². The number of unbranched alkanes of at least 4 members (excludes halogenated alkanes) is 1. The van der Waals surface area contributed by atoms with Crippen LogP contribution in [0.25, 0.3) is 17.0 Å². The Morgan fingerprint density at radius 3 is 2.41 bits per heavy atom. The number of rotatable bonds is 7. The second kappa shape index (κ2) is 9.65. The van der Waals surface area contributed by atoms with Crippen LogP contribution < -0.4 is 5.32 Å².